The third kappa shape index (κ3) is 4.52. The van der Waals surface area contributed by atoms with E-state index in [0.29, 0.717) is 6.42 Å². The molecule has 0 aromatic rings. The molecule has 1 saturated carbocycles. The number of aliphatic hydroxyl groups is 1. The van der Waals surface area contributed by atoms with E-state index in [1.165, 1.54) is 0 Å². The van der Waals surface area contributed by atoms with Crippen LogP contribution in [0.2, 0.25) is 0 Å². The normalized spacial score (nSPS) is 19.3. The van der Waals surface area contributed by atoms with E-state index in [2.05, 4.69) is 0 Å². The summed E-state index contributed by atoms with van der Waals surface area (Å²) in [6.07, 6.45) is -2.14. The topological polar surface area (TPSA) is 102 Å². The summed E-state index contributed by atoms with van der Waals surface area (Å²) in [5, 5.41) is 11.5. The Morgan fingerprint density at radius 1 is 1.33 bits per heavy atom. The molecule has 0 aliphatic heterocycles. The molecular formula is C13H22F2N2O4. The van der Waals surface area contributed by atoms with E-state index in [-0.39, 0.29) is 12.8 Å². The monoisotopic (exact) mass is 308 g/mol. The van der Waals surface area contributed by atoms with Crippen LogP contribution in [-0.2, 0) is 9.53 Å². The average Bonchev–Trinajstić information content (AvgIpc) is 2.18. The Kier molecular flexibility index (Phi) is 5.14. The van der Waals surface area contributed by atoms with E-state index in [4.69, 9.17) is 10.5 Å². The van der Waals surface area contributed by atoms with E-state index >= 15 is 0 Å². The zero-order chi connectivity index (χ0) is 16.4. The van der Waals surface area contributed by atoms with Crippen molar-refractivity contribution < 1.29 is 28.2 Å². The van der Waals surface area contributed by atoms with Gasteiger partial charge in [0.25, 0.3) is 5.92 Å². The lowest BCUT2D eigenvalue weighted by Gasteiger charge is -2.39. The number of alkyl carbamates (subject to hydrolysis) is 1. The maximum atomic E-state index is 14.3. The molecule has 122 valence electrons. The number of hydrogen-bond donors (Lipinski definition) is 3. The number of carbonyl (C=O) groups excluding carboxylic acids is 2. The van der Waals surface area contributed by atoms with Gasteiger partial charge in [-0.05, 0) is 33.6 Å². The quantitative estimate of drug-likeness (QED) is 0.709. The first-order chi connectivity index (χ1) is 9.45. The van der Waals surface area contributed by atoms with Crippen molar-refractivity contribution in [2.75, 3.05) is 0 Å². The number of nitrogens with one attached hydrogen (secondary N) is 1. The first-order valence-electron chi connectivity index (χ1n) is 6.80. The van der Waals surface area contributed by atoms with E-state index in [0.717, 1.165) is 0 Å². The van der Waals surface area contributed by atoms with Crippen LogP contribution in [-0.4, -0.2) is 40.8 Å². The summed E-state index contributed by atoms with van der Waals surface area (Å²) in [6.45, 7) is 4.70. The second kappa shape index (κ2) is 6.13. The van der Waals surface area contributed by atoms with Crippen LogP contribution in [0.15, 0.2) is 0 Å². The van der Waals surface area contributed by atoms with Crippen molar-refractivity contribution in [1.82, 2.24) is 5.32 Å². The van der Waals surface area contributed by atoms with Gasteiger partial charge in [0.05, 0.1) is 0 Å². The van der Waals surface area contributed by atoms with Crippen LogP contribution in [0, 0.1) is 5.92 Å². The SMILES string of the molecule is CC(C)(C)OC(=O)NC(C(O)C(N)=O)C(F)(F)C1CCC1. The maximum Gasteiger partial charge on any atom is 0.408 e. The predicted octanol–water partition coefficient (Wildman–Crippen LogP) is 1.16. The van der Waals surface area contributed by atoms with Gasteiger partial charge in [-0.1, -0.05) is 6.42 Å². The number of primary amides is 1. The van der Waals surface area contributed by atoms with Crippen LogP contribution in [0.25, 0.3) is 0 Å². The van der Waals surface area contributed by atoms with E-state index < -0.39 is 41.6 Å². The molecule has 0 bridgehead atoms. The molecule has 0 radical (unpaired) electrons. The van der Waals surface area contributed by atoms with Crippen LogP contribution in [0.3, 0.4) is 0 Å². The fraction of sp³-hybridized carbons (Fsp3) is 0.846. The highest BCUT2D eigenvalue weighted by Crippen LogP contribution is 2.42. The van der Waals surface area contributed by atoms with Crippen LogP contribution in [0.4, 0.5) is 13.6 Å². The number of hydrogen-bond acceptors (Lipinski definition) is 4. The lowest BCUT2D eigenvalue weighted by molar-refractivity contribution is -0.153. The fourth-order valence-electron chi connectivity index (χ4n) is 2.03. The van der Waals surface area contributed by atoms with Gasteiger partial charge < -0.3 is 20.9 Å². The number of ether oxygens (including phenoxy) is 1. The predicted molar refractivity (Wildman–Crippen MR) is 70.6 cm³/mol. The van der Waals surface area contributed by atoms with Gasteiger partial charge in [0.15, 0.2) is 6.10 Å². The highest BCUT2D eigenvalue weighted by Gasteiger charge is 2.54. The zero-order valence-electron chi connectivity index (χ0n) is 12.4. The zero-order valence-corrected chi connectivity index (χ0v) is 12.4. The highest BCUT2D eigenvalue weighted by molar-refractivity contribution is 5.80. The van der Waals surface area contributed by atoms with Gasteiger partial charge in [-0.25, -0.2) is 13.6 Å². The summed E-state index contributed by atoms with van der Waals surface area (Å²) in [4.78, 5) is 22.7. The van der Waals surface area contributed by atoms with Crippen molar-refractivity contribution in [1.29, 1.82) is 0 Å². The van der Waals surface area contributed by atoms with Crippen molar-refractivity contribution >= 4 is 12.0 Å². The summed E-state index contributed by atoms with van der Waals surface area (Å²) in [5.41, 5.74) is 3.99. The van der Waals surface area contributed by atoms with E-state index in [9.17, 15) is 23.5 Å². The second-order valence-electron chi connectivity index (χ2n) is 6.27. The molecule has 21 heavy (non-hydrogen) atoms. The number of nitrogens with two attached hydrogens (primary N) is 1. The lowest BCUT2D eigenvalue weighted by Crippen LogP contribution is -2.61. The molecule has 1 rings (SSSR count). The smallest absolute Gasteiger partial charge is 0.408 e. The minimum absolute atomic E-state index is 0.269. The molecule has 0 aromatic carbocycles. The van der Waals surface area contributed by atoms with Crippen LogP contribution in [0.1, 0.15) is 40.0 Å². The molecule has 6 nitrogen and oxygen atoms in total. The molecule has 0 spiro atoms. The number of rotatable bonds is 5. The molecule has 0 aromatic heterocycles. The molecule has 8 heteroatoms. The fourth-order valence-corrected chi connectivity index (χ4v) is 2.03. The molecule has 0 heterocycles. The Balaban J connectivity index is 2.87. The van der Waals surface area contributed by atoms with E-state index in [1.807, 2.05) is 5.32 Å². The van der Waals surface area contributed by atoms with Crippen LogP contribution >= 0.6 is 0 Å². The van der Waals surface area contributed by atoms with Crippen molar-refractivity contribution in [2.24, 2.45) is 11.7 Å². The standard InChI is InChI=1S/C13H22F2N2O4/c1-12(2,3)21-11(20)17-9(8(18)10(16)19)13(14,15)7-5-4-6-7/h7-9,18H,4-6H2,1-3H3,(H2,16,19)(H,17,20). The largest absolute Gasteiger partial charge is 0.444 e. The minimum atomic E-state index is -3.44. The lowest BCUT2D eigenvalue weighted by atomic mass is 9.76. The Hall–Kier alpha value is -1.44. The third-order valence-corrected chi connectivity index (χ3v) is 3.34. The number of alkyl halides is 2. The van der Waals surface area contributed by atoms with E-state index in [1.54, 1.807) is 20.8 Å². The highest BCUT2D eigenvalue weighted by atomic mass is 19.3. The minimum Gasteiger partial charge on any atom is -0.444 e. The van der Waals surface area contributed by atoms with Gasteiger partial charge in [0, 0.05) is 5.92 Å². The van der Waals surface area contributed by atoms with Gasteiger partial charge in [0.2, 0.25) is 5.91 Å². The van der Waals surface area contributed by atoms with Crippen LogP contribution < -0.4 is 11.1 Å². The molecule has 1 aliphatic rings. The first kappa shape index (κ1) is 17.6. The Morgan fingerprint density at radius 2 is 1.86 bits per heavy atom. The summed E-state index contributed by atoms with van der Waals surface area (Å²) >= 11 is 0. The molecule has 2 atom stereocenters. The van der Waals surface area contributed by atoms with Crippen molar-refractivity contribution in [3.05, 3.63) is 0 Å². The number of amides is 2. The van der Waals surface area contributed by atoms with Gasteiger partial charge in [-0.3, -0.25) is 4.79 Å². The number of halogens is 2. The Labute approximate surface area is 122 Å². The Morgan fingerprint density at radius 3 is 2.19 bits per heavy atom. The molecule has 4 N–H and O–H groups in total. The third-order valence-electron chi connectivity index (χ3n) is 3.34. The second-order valence-corrected chi connectivity index (χ2v) is 6.27. The van der Waals surface area contributed by atoms with Crippen LogP contribution in [0.5, 0.6) is 0 Å². The average molecular weight is 308 g/mol. The summed E-state index contributed by atoms with van der Waals surface area (Å²) in [5.74, 6) is -5.76. The number of carbonyl (C=O) groups is 2. The van der Waals surface area contributed by atoms with Gasteiger partial charge in [0.1, 0.15) is 11.6 Å². The summed E-state index contributed by atoms with van der Waals surface area (Å²) in [6, 6.07) is -2.10. The van der Waals surface area contributed by atoms with Gasteiger partial charge >= 0.3 is 6.09 Å². The molecular weight excluding hydrogens is 286 g/mol. The molecule has 1 aliphatic carbocycles. The molecule has 2 amide bonds. The van der Waals surface area contributed by atoms with Crippen molar-refractivity contribution in [3.8, 4) is 0 Å². The van der Waals surface area contributed by atoms with Crippen molar-refractivity contribution in [2.45, 2.75) is 63.7 Å². The number of aliphatic hydroxyl groups excluding tert-OH is 1. The first-order valence-corrected chi connectivity index (χ1v) is 6.80. The van der Waals surface area contributed by atoms with Gasteiger partial charge in [-0.15, -0.1) is 0 Å². The molecule has 0 saturated heterocycles. The Bertz CT molecular complexity index is 405. The van der Waals surface area contributed by atoms with Crippen molar-refractivity contribution in [3.63, 3.8) is 0 Å². The molecule has 2 unspecified atom stereocenters. The van der Waals surface area contributed by atoms with Gasteiger partial charge in [-0.2, -0.15) is 0 Å². The molecule has 1 fully saturated rings. The summed E-state index contributed by atoms with van der Waals surface area (Å²) in [7, 11) is 0. The maximum absolute atomic E-state index is 14.3. The summed E-state index contributed by atoms with van der Waals surface area (Å²) < 4.78 is 33.5.